The maximum Gasteiger partial charge on any atom is 0.243 e. The molecule has 2 heterocycles. The third kappa shape index (κ3) is 4.59. The minimum Gasteiger partial charge on any atom is -0.352 e. The molecule has 2 N–H and O–H groups in total. The molecule has 0 radical (unpaired) electrons. The van der Waals surface area contributed by atoms with Crippen molar-refractivity contribution in [3.63, 3.8) is 0 Å². The average molecular weight is 330 g/mol. The van der Waals surface area contributed by atoms with Crippen molar-refractivity contribution in [1.82, 2.24) is 15.5 Å². The molecule has 1 aliphatic carbocycles. The van der Waals surface area contributed by atoms with Gasteiger partial charge in [0.05, 0.1) is 0 Å². The molecular weight excluding hydrogens is 302 g/mol. The van der Waals surface area contributed by atoms with E-state index in [1.54, 1.807) is 0 Å². The molecule has 126 valence electrons. The summed E-state index contributed by atoms with van der Waals surface area (Å²) in [5, 5.41) is 6.40. The quantitative estimate of drug-likeness (QED) is 0.802. The number of likely N-dealkylation sites (tertiary alicyclic amines) is 1. The van der Waals surface area contributed by atoms with Crippen LogP contribution in [-0.4, -0.2) is 48.4 Å². The lowest BCUT2D eigenvalue weighted by atomic mass is 9.93. The third-order valence-electron chi connectivity index (χ3n) is 5.02. The summed E-state index contributed by atoms with van der Waals surface area (Å²) in [7, 11) is 0. The Bertz CT molecular complexity index is 395. The lowest BCUT2D eigenvalue weighted by Gasteiger charge is -2.26. The number of carbonyl (C=O) groups is 2. The molecule has 0 aromatic carbocycles. The van der Waals surface area contributed by atoms with Crippen LogP contribution in [0.5, 0.6) is 0 Å². The fourth-order valence-corrected chi connectivity index (χ4v) is 3.50. The summed E-state index contributed by atoms with van der Waals surface area (Å²) >= 11 is 0. The molecule has 3 fully saturated rings. The summed E-state index contributed by atoms with van der Waals surface area (Å²) in [6, 6.07) is 0.177. The Morgan fingerprint density at radius 2 is 1.82 bits per heavy atom. The first-order valence-corrected chi connectivity index (χ1v) is 8.54. The van der Waals surface area contributed by atoms with Crippen molar-refractivity contribution in [1.29, 1.82) is 0 Å². The number of halogens is 1. The van der Waals surface area contributed by atoms with Crippen molar-refractivity contribution in [2.45, 2.75) is 63.5 Å². The monoisotopic (exact) mass is 329 g/mol. The van der Waals surface area contributed by atoms with Crippen LogP contribution in [0.25, 0.3) is 0 Å². The maximum atomic E-state index is 12.4. The molecule has 1 unspecified atom stereocenters. The Hall–Kier alpha value is -0.810. The summed E-state index contributed by atoms with van der Waals surface area (Å²) in [6.07, 6.45) is 7.94. The molecule has 3 aliphatic rings. The second-order valence-electron chi connectivity index (χ2n) is 6.76. The van der Waals surface area contributed by atoms with E-state index in [2.05, 4.69) is 10.6 Å². The van der Waals surface area contributed by atoms with Gasteiger partial charge in [-0.2, -0.15) is 0 Å². The highest BCUT2D eigenvalue weighted by Crippen LogP contribution is 2.24. The Kier molecular flexibility index (Phi) is 6.50. The van der Waals surface area contributed by atoms with Gasteiger partial charge in [0.2, 0.25) is 11.8 Å². The zero-order chi connectivity index (χ0) is 14.7. The second kappa shape index (κ2) is 8.16. The largest absolute Gasteiger partial charge is 0.352 e. The highest BCUT2D eigenvalue weighted by molar-refractivity contribution is 5.88. The van der Waals surface area contributed by atoms with Crippen molar-refractivity contribution in [3.05, 3.63) is 0 Å². The topological polar surface area (TPSA) is 61.4 Å². The van der Waals surface area contributed by atoms with Crippen LogP contribution in [0.1, 0.15) is 51.4 Å². The molecule has 2 saturated heterocycles. The smallest absolute Gasteiger partial charge is 0.243 e. The van der Waals surface area contributed by atoms with Crippen LogP contribution in [0.3, 0.4) is 0 Å². The highest BCUT2D eigenvalue weighted by atomic mass is 35.5. The van der Waals surface area contributed by atoms with Gasteiger partial charge in [-0.15, -0.1) is 12.4 Å². The van der Waals surface area contributed by atoms with Gasteiger partial charge in [0.1, 0.15) is 6.04 Å². The maximum absolute atomic E-state index is 12.4. The van der Waals surface area contributed by atoms with E-state index in [-0.39, 0.29) is 30.3 Å². The summed E-state index contributed by atoms with van der Waals surface area (Å²) in [4.78, 5) is 26.5. The van der Waals surface area contributed by atoms with E-state index in [1.165, 1.54) is 12.8 Å². The fourth-order valence-electron chi connectivity index (χ4n) is 3.50. The molecule has 0 bridgehead atoms. The predicted molar refractivity (Wildman–Crippen MR) is 88.0 cm³/mol. The van der Waals surface area contributed by atoms with Gasteiger partial charge < -0.3 is 15.5 Å². The first kappa shape index (κ1) is 17.5. The number of nitrogens with zero attached hydrogens (tertiary/aromatic N) is 1. The number of piperidine rings is 1. The highest BCUT2D eigenvalue weighted by Gasteiger charge is 2.36. The number of rotatable bonds is 5. The molecule has 22 heavy (non-hydrogen) atoms. The SMILES string of the molecule is Cl.O=C(NC1CC1)C1CCCN1C(=O)CCC1CCNCC1. The molecule has 5 nitrogen and oxygen atoms in total. The molecule has 6 heteroatoms. The molecule has 1 saturated carbocycles. The minimum absolute atomic E-state index is 0. The van der Waals surface area contributed by atoms with Crippen LogP contribution >= 0.6 is 12.4 Å². The number of hydrogen-bond acceptors (Lipinski definition) is 3. The molecule has 0 aromatic heterocycles. The summed E-state index contributed by atoms with van der Waals surface area (Å²) < 4.78 is 0. The van der Waals surface area contributed by atoms with E-state index in [0.717, 1.165) is 51.7 Å². The normalized spacial score (nSPS) is 25.6. The van der Waals surface area contributed by atoms with Crippen molar-refractivity contribution in [2.75, 3.05) is 19.6 Å². The Labute approximate surface area is 139 Å². The molecule has 2 amide bonds. The van der Waals surface area contributed by atoms with Crippen molar-refractivity contribution in [3.8, 4) is 0 Å². The molecule has 3 rings (SSSR count). The van der Waals surface area contributed by atoms with Crippen molar-refractivity contribution in [2.24, 2.45) is 5.92 Å². The lowest BCUT2D eigenvalue weighted by molar-refractivity contribution is -0.138. The first-order valence-electron chi connectivity index (χ1n) is 8.54. The molecular formula is C16H28ClN3O2. The lowest BCUT2D eigenvalue weighted by Crippen LogP contribution is -2.46. The number of carbonyl (C=O) groups excluding carboxylic acids is 2. The van der Waals surface area contributed by atoms with Gasteiger partial charge in [0, 0.05) is 19.0 Å². The van der Waals surface area contributed by atoms with Crippen LogP contribution in [0.15, 0.2) is 0 Å². The fraction of sp³-hybridized carbons (Fsp3) is 0.875. The van der Waals surface area contributed by atoms with Gasteiger partial charge in [0.25, 0.3) is 0 Å². The van der Waals surface area contributed by atoms with Gasteiger partial charge in [0.15, 0.2) is 0 Å². The van der Waals surface area contributed by atoms with Gasteiger partial charge >= 0.3 is 0 Å². The minimum atomic E-state index is -0.203. The van der Waals surface area contributed by atoms with E-state index >= 15 is 0 Å². The van der Waals surface area contributed by atoms with Crippen molar-refractivity contribution >= 4 is 24.2 Å². The summed E-state index contributed by atoms with van der Waals surface area (Å²) in [5.74, 6) is 0.934. The first-order chi connectivity index (χ1) is 10.2. The van der Waals surface area contributed by atoms with Crippen LogP contribution in [0, 0.1) is 5.92 Å². The third-order valence-corrected chi connectivity index (χ3v) is 5.02. The van der Waals surface area contributed by atoms with Crippen LogP contribution < -0.4 is 10.6 Å². The van der Waals surface area contributed by atoms with Crippen LogP contribution in [-0.2, 0) is 9.59 Å². The molecule has 0 aromatic rings. The van der Waals surface area contributed by atoms with E-state index in [1.807, 2.05) is 4.90 Å². The Morgan fingerprint density at radius 3 is 2.50 bits per heavy atom. The van der Waals surface area contributed by atoms with Gasteiger partial charge in [-0.25, -0.2) is 0 Å². The zero-order valence-electron chi connectivity index (χ0n) is 13.2. The van der Waals surface area contributed by atoms with E-state index in [0.29, 0.717) is 18.4 Å². The number of amides is 2. The molecule has 0 spiro atoms. The predicted octanol–water partition coefficient (Wildman–Crippen LogP) is 1.46. The molecule has 2 aliphatic heterocycles. The Morgan fingerprint density at radius 1 is 1.09 bits per heavy atom. The number of nitrogens with one attached hydrogen (secondary N) is 2. The van der Waals surface area contributed by atoms with Gasteiger partial charge in [-0.1, -0.05) is 0 Å². The Balaban J connectivity index is 0.00000176. The zero-order valence-corrected chi connectivity index (χ0v) is 14.0. The summed E-state index contributed by atoms with van der Waals surface area (Å²) in [6.45, 7) is 2.91. The van der Waals surface area contributed by atoms with Crippen molar-refractivity contribution < 1.29 is 9.59 Å². The van der Waals surface area contributed by atoms with E-state index < -0.39 is 0 Å². The standard InChI is InChI=1S/C16H27N3O2.ClH/c20-15(6-3-12-7-9-17-10-8-12)19-11-1-2-14(19)16(21)18-13-4-5-13;/h12-14,17H,1-11H2,(H,18,21);1H. The van der Waals surface area contributed by atoms with Crippen LogP contribution in [0.4, 0.5) is 0 Å². The van der Waals surface area contributed by atoms with Gasteiger partial charge in [-0.3, -0.25) is 9.59 Å². The average Bonchev–Trinajstić information content (AvgIpc) is 3.18. The van der Waals surface area contributed by atoms with E-state index in [9.17, 15) is 9.59 Å². The second-order valence-corrected chi connectivity index (χ2v) is 6.76. The number of hydrogen-bond donors (Lipinski definition) is 2. The van der Waals surface area contributed by atoms with Gasteiger partial charge in [-0.05, 0) is 64.0 Å². The molecule has 1 atom stereocenters. The van der Waals surface area contributed by atoms with E-state index in [4.69, 9.17) is 0 Å². The van der Waals surface area contributed by atoms with Crippen LogP contribution in [0.2, 0.25) is 0 Å². The summed E-state index contributed by atoms with van der Waals surface area (Å²) in [5.41, 5.74) is 0.